The van der Waals surface area contributed by atoms with Crippen molar-refractivity contribution in [1.82, 2.24) is 4.90 Å². The predicted molar refractivity (Wildman–Crippen MR) is 94.2 cm³/mol. The Balaban J connectivity index is 1.88. The lowest BCUT2D eigenvalue weighted by Gasteiger charge is -2.34. The molecule has 0 spiro atoms. The van der Waals surface area contributed by atoms with Gasteiger partial charge < -0.3 is 14.4 Å². The first-order chi connectivity index (χ1) is 10.9. The first-order valence-corrected chi connectivity index (χ1v) is 9.11. The van der Waals surface area contributed by atoms with Crippen LogP contribution in [0.4, 0.5) is 4.79 Å². The third-order valence-corrected chi connectivity index (χ3v) is 5.00. The van der Waals surface area contributed by atoms with E-state index in [9.17, 15) is 4.79 Å². The summed E-state index contributed by atoms with van der Waals surface area (Å²) in [5.74, 6) is 2.39. The van der Waals surface area contributed by atoms with E-state index >= 15 is 0 Å². The molecule has 1 saturated heterocycles. The zero-order valence-electron chi connectivity index (χ0n) is 14.5. The van der Waals surface area contributed by atoms with Gasteiger partial charge in [0.2, 0.25) is 0 Å². The first-order valence-electron chi connectivity index (χ1n) is 8.13. The van der Waals surface area contributed by atoms with Gasteiger partial charge in [0.1, 0.15) is 11.4 Å². The fourth-order valence-corrected chi connectivity index (χ4v) is 3.79. The van der Waals surface area contributed by atoms with Crippen LogP contribution in [0.25, 0.3) is 0 Å². The van der Waals surface area contributed by atoms with Crippen LogP contribution in [0, 0.1) is 5.92 Å². The maximum absolute atomic E-state index is 12.2. The molecule has 0 radical (unpaired) electrons. The van der Waals surface area contributed by atoms with E-state index < -0.39 is 5.60 Å². The molecule has 1 fully saturated rings. The Bertz CT molecular complexity index is 527. The summed E-state index contributed by atoms with van der Waals surface area (Å²) in [5.41, 5.74) is -0.434. The molecule has 2 rings (SSSR count). The smallest absolute Gasteiger partial charge is 0.410 e. The number of hydrogen-bond acceptors (Lipinski definition) is 4. The minimum atomic E-state index is -0.434. The molecule has 0 saturated carbocycles. The first kappa shape index (κ1) is 18.0. The zero-order chi connectivity index (χ0) is 16.9. The SMILES string of the molecule is COc1ccccc1SC[C@@H]1CCCN(C(=O)OC(C)(C)C)C1. The number of thioether (sulfide) groups is 1. The van der Waals surface area contributed by atoms with Crippen LogP contribution in [0.3, 0.4) is 0 Å². The number of hydrogen-bond donors (Lipinski definition) is 0. The Morgan fingerprint density at radius 2 is 2.09 bits per heavy atom. The summed E-state index contributed by atoms with van der Waals surface area (Å²) in [6.45, 7) is 7.29. The number of carbonyl (C=O) groups is 1. The molecule has 4 nitrogen and oxygen atoms in total. The van der Waals surface area contributed by atoms with Crippen LogP contribution in [-0.4, -0.2) is 42.5 Å². The van der Waals surface area contributed by atoms with Gasteiger partial charge in [-0.2, -0.15) is 0 Å². The second-order valence-electron chi connectivity index (χ2n) is 6.90. The maximum Gasteiger partial charge on any atom is 0.410 e. The quantitative estimate of drug-likeness (QED) is 0.762. The van der Waals surface area contributed by atoms with Crippen molar-refractivity contribution in [2.45, 2.75) is 44.1 Å². The summed E-state index contributed by atoms with van der Waals surface area (Å²) in [6, 6.07) is 8.07. The van der Waals surface area contributed by atoms with E-state index in [-0.39, 0.29) is 6.09 Å². The summed E-state index contributed by atoms with van der Waals surface area (Å²) in [4.78, 5) is 15.2. The zero-order valence-corrected chi connectivity index (χ0v) is 15.3. The molecular formula is C18H27NO3S. The van der Waals surface area contributed by atoms with E-state index in [1.54, 1.807) is 18.9 Å². The summed E-state index contributed by atoms with van der Waals surface area (Å²) in [7, 11) is 1.70. The summed E-state index contributed by atoms with van der Waals surface area (Å²) in [6.07, 6.45) is 2.00. The van der Waals surface area contributed by atoms with Crippen molar-refractivity contribution in [3.8, 4) is 5.75 Å². The molecule has 0 aromatic heterocycles. The van der Waals surface area contributed by atoms with Crippen molar-refractivity contribution in [2.75, 3.05) is 26.0 Å². The molecule has 0 N–H and O–H groups in total. The van der Waals surface area contributed by atoms with Gasteiger partial charge in [0.25, 0.3) is 0 Å². The number of amides is 1. The number of ether oxygens (including phenoxy) is 2. The molecule has 1 aliphatic heterocycles. The van der Waals surface area contributed by atoms with Crippen molar-refractivity contribution < 1.29 is 14.3 Å². The number of methoxy groups -OCH3 is 1. The van der Waals surface area contributed by atoms with E-state index in [0.29, 0.717) is 5.92 Å². The molecule has 1 atom stereocenters. The molecule has 5 heteroatoms. The van der Waals surface area contributed by atoms with Gasteiger partial charge in [0.05, 0.1) is 7.11 Å². The second kappa shape index (κ2) is 7.95. The molecule has 0 bridgehead atoms. The van der Waals surface area contributed by atoms with Crippen molar-refractivity contribution >= 4 is 17.9 Å². The Kier molecular flexibility index (Phi) is 6.22. The molecule has 0 unspecified atom stereocenters. The number of carbonyl (C=O) groups excluding carboxylic acids is 1. The van der Waals surface area contributed by atoms with E-state index in [1.165, 1.54) is 0 Å². The van der Waals surface area contributed by atoms with Crippen molar-refractivity contribution in [1.29, 1.82) is 0 Å². The number of para-hydroxylation sites is 1. The van der Waals surface area contributed by atoms with Gasteiger partial charge in [-0.15, -0.1) is 11.8 Å². The van der Waals surface area contributed by atoms with Gasteiger partial charge in [0.15, 0.2) is 0 Å². The lowest BCUT2D eigenvalue weighted by Crippen LogP contribution is -2.43. The van der Waals surface area contributed by atoms with Crippen LogP contribution in [-0.2, 0) is 4.74 Å². The normalized spacial score (nSPS) is 18.6. The maximum atomic E-state index is 12.2. The lowest BCUT2D eigenvalue weighted by molar-refractivity contribution is 0.0177. The highest BCUT2D eigenvalue weighted by molar-refractivity contribution is 7.99. The minimum Gasteiger partial charge on any atom is -0.496 e. The molecule has 1 aliphatic rings. The van der Waals surface area contributed by atoms with Gasteiger partial charge in [-0.25, -0.2) is 4.79 Å². The highest BCUT2D eigenvalue weighted by atomic mass is 32.2. The Hall–Kier alpha value is -1.36. The van der Waals surface area contributed by atoms with Crippen molar-refractivity contribution in [3.05, 3.63) is 24.3 Å². The molecule has 1 aromatic rings. The number of likely N-dealkylation sites (tertiary alicyclic amines) is 1. The van der Waals surface area contributed by atoms with Gasteiger partial charge in [-0.05, 0) is 51.7 Å². The average Bonchev–Trinajstić information content (AvgIpc) is 2.52. The Morgan fingerprint density at radius 1 is 1.35 bits per heavy atom. The second-order valence-corrected chi connectivity index (χ2v) is 7.96. The standard InChI is InChI=1S/C18H27NO3S/c1-18(2,3)22-17(20)19-11-7-8-14(12-19)13-23-16-10-6-5-9-15(16)21-4/h5-6,9-10,14H,7-8,11-13H2,1-4H3/t14-/m1/s1. The van der Waals surface area contributed by atoms with Crippen LogP contribution in [0.2, 0.25) is 0 Å². The lowest BCUT2D eigenvalue weighted by atomic mass is 10.0. The van der Waals surface area contributed by atoms with Crippen LogP contribution in [0.15, 0.2) is 29.2 Å². The molecular weight excluding hydrogens is 310 g/mol. The predicted octanol–water partition coefficient (Wildman–Crippen LogP) is 4.43. The minimum absolute atomic E-state index is 0.190. The average molecular weight is 337 g/mol. The van der Waals surface area contributed by atoms with E-state index in [0.717, 1.165) is 42.3 Å². The molecule has 1 amide bonds. The number of nitrogens with zero attached hydrogens (tertiary/aromatic N) is 1. The van der Waals surface area contributed by atoms with E-state index in [2.05, 4.69) is 6.07 Å². The van der Waals surface area contributed by atoms with Gasteiger partial charge in [-0.3, -0.25) is 0 Å². The van der Waals surface area contributed by atoms with Gasteiger partial charge in [0, 0.05) is 23.7 Å². The Labute approximate surface area is 143 Å². The van der Waals surface area contributed by atoms with E-state index in [4.69, 9.17) is 9.47 Å². The molecule has 1 heterocycles. The van der Waals surface area contributed by atoms with E-state index in [1.807, 2.05) is 43.9 Å². The fraction of sp³-hybridized carbons (Fsp3) is 0.611. The topological polar surface area (TPSA) is 38.8 Å². The number of benzene rings is 1. The molecule has 1 aromatic carbocycles. The van der Waals surface area contributed by atoms with Crippen LogP contribution in [0.1, 0.15) is 33.6 Å². The molecule has 128 valence electrons. The van der Waals surface area contributed by atoms with Gasteiger partial charge >= 0.3 is 6.09 Å². The van der Waals surface area contributed by atoms with Crippen molar-refractivity contribution in [3.63, 3.8) is 0 Å². The van der Waals surface area contributed by atoms with Gasteiger partial charge in [-0.1, -0.05) is 12.1 Å². The monoisotopic (exact) mass is 337 g/mol. The summed E-state index contributed by atoms with van der Waals surface area (Å²) >= 11 is 1.80. The highest BCUT2D eigenvalue weighted by Crippen LogP contribution is 2.32. The number of rotatable bonds is 4. The largest absolute Gasteiger partial charge is 0.496 e. The van der Waals surface area contributed by atoms with Crippen LogP contribution in [0.5, 0.6) is 5.75 Å². The molecule has 0 aliphatic carbocycles. The summed E-state index contributed by atoms with van der Waals surface area (Å²) in [5, 5.41) is 0. The van der Waals surface area contributed by atoms with Crippen LogP contribution >= 0.6 is 11.8 Å². The number of piperidine rings is 1. The third kappa shape index (κ3) is 5.65. The summed E-state index contributed by atoms with van der Waals surface area (Å²) < 4.78 is 10.9. The fourth-order valence-electron chi connectivity index (χ4n) is 2.64. The molecule has 23 heavy (non-hydrogen) atoms. The Morgan fingerprint density at radius 3 is 2.78 bits per heavy atom. The van der Waals surface area contributed by atoms with Crippen LogP contribution < -0.4 is 4.74 Å². The van der Waals surface area contributed by atoms with Crippen molar-refractivity contribution in [2.24, 2.45) is 5.92 Å². The highest BCUT2D eigenvalue weighted by Gasteiger charge is 2.27. The third-order valence-electron chi connectivity index (χ3n) is 3.71.